The highest BCUT2D eigenvalue weighted by molar-refractivity contribution is 9.10. The second-order valence-electron chi connectivity index (χ2n) is 4.41. The zero-order valence-corrected chi connectivity index (χ0v) is 10.5. The third-order valence-corrected chi connectivity index (χ3v) is 3.79. The van der Waals surface area contributed by atoms with E-state index in [-0.39, 0.29) is 0 Å². The second kappa shape index (κ2) is 4.06. The van der Waals surface area contributed by atoms with Gasteiger partial charge in [-0.15, -0.1) is 0 Å². The van der Waals surface area contributed by atoms with E-state index in [2.05, 4.69) is 70.5 Å². The smallest absolute Gasteiger partial charge is 0.0178 e. The number of hydrogen-bond acceptors (Lipinski definition) is 0. The molecule has 0 heterocycles. The molecule has 80 valence electrons. The van der Waals surface area contributed by atoms with Crippen LogP contribution in [-0.4, -0.2) is 0 Å². The summed E-state index contributed by atoms with van der Waals surface area (Å²) in [6.07, 6.45) is 1.29. The molecule has 0 radical (unpaired) electrons. The van der Waals surface area contributed by atoms with Crippen molar-refractivity contribution in [3.05, 3.63) is 70.2 Å². The predicted octanol–water partition coefficient (Wildman–Crippen LogP) is 4.72. The van der Waals surface area contributed by atoms with Crippen molar-refractivity contribution in [2.24, 2.45) is 0 Å². The minimum atomic E-state index is 0.722. The van der Waals surface area contributed by atoms with E-state index in [0.717, 1.165) is 11.8 Å². The van der Waals surface area contributed by atoms with Crippen LogP contribution in [-0.2, 0) is 0 Å². The molecular weight excluding hydrogens is 260 g/mol. The van der Waals surface area contributed by atoms with Gasteiger partial charge < -0.3 is 0 Å². The summed E-state index contributed by atoms with van der Waals surface area (Å²) in [6.45, 7) is 0. The summed E-state index contributed by atoms with van der Waals surface area (Å²) in [5.74, 6) is 1.45. The van der Waals surface area contributed by atoms with Crippen LogP contribution in [0.1, 0.15) is 29.4 Å². The first kappa shape index (κ1) is 10.1. The van der Waals surface area contributed by atoms with Crippen molar-refractivity contribution in [1.29, 1.82) is 0 Å². The SMILES string of the molecule is Brc1cccc(C2CC2c2ccccc2)c1. The first-order valence-corrected chi connectivity index (χ1v) is 6.44. The van der Waals surface area contributed by atoms with Gasteiger partial charge >= 0.3 is 0 Å². The molecule has 2 aromatic rings. The summed E-state index contributed by atoms with van der Waals surface area (Å²) in [6, 6.07) is 19.5. The number of hydrogen-bond donors (Lipinski definition) is 0. The molecule has 2 unspecified atom stereocenters. The van der Waals surface area contributed by atoms with Gasteiger partial charge in [0.2, 0.25) is 0 Å². The van der Waals surface area contributed by atoms with Crippen molar-refractivity contribution in [3.63, 3.8) is 0 Å². The molecule has 1 saturated carbocycles. The van der Waals surface area contributed by atoms with E-state index in [1.54, 1.807) is 0 Å². The average Bonchev–Trinajstić information content (AvgIpc) is 3.10. The second-order valence-corrected chi connectivity index (χ2v) is 5.33. The lowest BCUT2D eigenvalue weighted by atomic mass is 10.0. The van der Waals surface area contributed by atoms with E-state index < -0.39 is 0 Å². The van der Waals surface area contributed by atoms with Gasteiger partial charge in [0.25, 0.3) is 0 Å². The van der Waals surface area contributed by atoms with Gasteiger partial charge in [-0.3, -0.25) is 0 Å². The topological polar surface area (TPSA) is 0 Å². The minimum Gasteiger partial charge on any atom is -0.0622 e. The number of halogens is 1. The lowest BCUT2D eigenvalue weighted by molar-refractivity contribution is 1.03. The summed E-state index contributed by atoms with van der Waals surface area (Å²) in [7, 11) is 0. The zero-order valence-electron chi connectivity index (χ0n) is 8.94. The van der Waals surface area contributed by atoms with Crippen LogP contribution in [0.4, 0.5) is 0 Å². The van der Waals surface area contributed by atoms with Crippen molar-refractivity contribution in [2.75, 3.05) is 0 Å². The Balaban J connectivity index is 1.82. The molecule has 16 heavy (non-hydrogen) atoms. The van der Waals surface area contributed by atoms with Gasteiger partial charge in [0.15, 0.2) is 0 Å². The maximum atomic E-state index is 3.53. The Morgan fingerprint density at radius 3 is 2.25 bits per heavy atom. The minimum absolute atomic E-state index is 0.722. The molecule has 1 heteroatoms. The van der Waals surface area contributed by atoms with Crippen LogP contribution in [0.15, 0.2) is 59.1 Å². The van der Waals surface area contributed by atoms with Crippen molar-refractivity contribution in [1.82, 2.24) is 0 Å². The lowest BCUT2D eigenvalue weighted by Gasteiger charge is -2.01. The molecule has 0 aromatic heterocycles. The highest BCUT2D eigenvalue weighted by atomic mass is 79.9. The fourth-order valence-corrected chi connectivity index (χ4v) is 2.79. The van der Waals surface area contributed by atoms with Gasteiger partial charge in [-0.25, -0.2) is 0 Å². The van der Waals surface area contributed by atoms with E-state index in [1.807, 2.05) is 0 Å². The molecule has 0 N–H and O–H groups in total. The molecule has 0 saturated heterocycles. The Labute approximate surface area is 104 Å². The third-order valence-electron chi connectivity index (χ3n) is 3.29. The third kappa shape index (κ3) is 1.92. The molecule has 0 nitrogen and oxygen atoms in total. The Morgan fingerprint density at radius 2 is 1.50 bits per heavy atom. The Bertz CT molecular complexity index is 490. The molecule has 1 aliphatic carbocycles. The Kier molecular flexibility index (Phi) is 2.56. The molecule has 0 bridgehead atoms. The highest BCUT2D eigenvalue weighted by Crippen LogP contribution is 2.54. The van der Waals surface area contributed by atoms with Crippen LogP contribution >= 0.6 is 15.9 Å². The molecular formula is C15H13Br. The molecule has 0 amide bonds. The number of rotatable bonds is 2. The summed E-state index contributed by atoms with van der Waals surface area (Å²) < 4.78 is 1.18. The van der Waals surface area contributed by atoms with Crippen molar-refractivity contribution in [3.8, 4) is 0 Å². The van der Waals surface area contributed by atoms with E-state index in [1.165, 1.54) is 22.0 Å². The monoisotopic (exact) mass is 272 g/mol. The van der Waals surface area contributed by atoms with Crippen LogP contribution in [0.25, 0.3) is 0 Å². The average molecular weight is 273 g/mol. The maximum Gasteiger partial charge on any atom is 0.0178 e. The van der Waals surface area contributed by atoms with Gasteiger partial charge in [-0.05, 0) is 41.5 Å². The molecule has 2 atom stereocenters. The van der Waals surface area contributed by atoms with Gasteiger partial charge in [0.05, 0.1) is 0 Å². The van der Waals surface area contributed by atoms with Crippen LogP contribution in [0.3, 0.4) is 0 Å². The molecule has 1 fully saturated rings. The van der Waals surface area contributed by atoms with Crippen LogP contribution in [0, 0.1) is 0 Å². The predicted molar refractivity (Wildman–Crippen MR) is 70.7 cm³/mol. The van der Waals surface area contributed by atoms with E-state index >= 15 is 0 Å². The van der Waals surface area contributed by atoms with Gasteiger partial charge in [0, 0.05) is 4.47 Å². The van der Waals surface area contributed by atoms with E-state index in [4.69, 9.17) is 0 Å². The maximum absolute atomic E-state index is 3.53. The van der Waals surface area contributed by atoms with Crippen molar-refractivity contribution >= 4 is 15.9 Å². The van der Waals surface area contributed by atoms with E-state index in [0.29, 0.717) is 0 Å². The molecule has 0 aliphatic heterocycles. The number of benzene rings is 2. The normalized spacial score (nSPS) is 23.1. The van der Waals surface area contributed by atoms with Gasteiger partial charge in [0.1, 0.15) is 0 Å². The first-order valence-electron chi connectivity index (χ1n) is 5.65. The molecule has 0 spiro atoms. The van der Waals surface area contributed by atoms with Crippen molar-refractivity contribution in [2.45, 2.75) is 18.3 Å². The van der Waals surface area contributed by atoms with Gasteiger partial charge in [-0.2, -0.15) is 0 Å². The Morgan fingerprint density at radius 1 is 0.812 bits per heavy atom. The quantitative estimate of drug-likeness (QED) is 0.742. The standard InChI is InChI=1S/C15H13Br/c16-13-8-4-7-12(9-13)15-10-14(15)11-5-2-1-3-6-11/h1-9,14-15H,10H2. The van der Waals surface area contributed by atoms with Crippen LogP contribution in [0.5, 0.6) is 0 Å². The summed E-state index contributed by atoms with van der Waals surface area (Å²) in [4.78, 5) is 0. The zero-order chi connectivity index (χ0) is 11.0. The van der Waals surface area contributed by atoms with Crippen molar-refractivity contribution < 1.29 is 0 Å². The fraction of sp³-hybridized carbons (Fsp3) is 0.200. The molecule has 2 aromatic carbocycles. The summed E-state index contributed by atoms with van der Waals surface area (Å²) in [5.41, 5.74) is 2.94. The first-order chi connectivity index (χ1) is 7.84. The largest absolute Gasteiger partial charge is 0.0622 e. The van der Waals surface area contributed by atoms with Crippen LogP contribution in [0.2, 0.25) is 0 Å². The van der Waals surface area contributed by atoms with Gasteiger partial charge in [-0.1, -0.05) is 58.4 Å². The fourth-order valence-electron chi connectivity index (χ4n) is 2.37. The Hall–Kier alpha value is -1.08. The van der Waals surface area contributed by atoms with Crippen LogP contribution < -0.4 is 0 Å². The molecule has 1 aliphatic rings. The lowest BCUT2D eigenvalue weighted by Crippen LogP contribution is -1.83. The highest BCUT2D eigenvalue weighted by Gasteiger charge is 2.39. The van der Waals surface area contributed by atoms with E-state index in [9.17, 15) is 0 Å². The summed E-state index contributed by atoms with van der Waals surface area (Å²) in [5, 5.41) is 0. The molecule has 3 rings (SSSR count). The summed E-state index contributed by atoms with van der Waals surface area (Å²) >= 11 is 3.53.